The number of hydrogen-bond donors (Lipinski definition) is 0. The molecule has 1 saturated heterocycles. The lowest BCUT2D eigenvalue weighted by Gasteiger charge is -2.39. The molecule has 2 fully saturated rings. The molecule has 3 aliphatic carbocycles. The van der Waals surface area contributed by atoms with E-state index in [4.69, 9.17) is 0 Å². The van der Waals surface area contributed by atoms with Crippen LogP contribution in [0.1, 0.15) is 12.8 Å². The Morgan fingerprint density at radius 1 is 1.25 bits per heavy atom. The minimum Gasteiger partial charge on any atom is -0.253 e. The van der Waals surface area contributed by atoms with E-state index in [2.05, 4.69) is 35.5 Å². The van der Waals surface area contributed by atoms with Crippen LogP contribution in [-0.4, -0.2) is 23.1 Å². The molecule has 4 aliphatic rings. The Bertz CT molecular complexity index is 204. The molecule has 4 rings (SSSR count). The van der Waals surface area contributed by atoms with Gasteiger partial charge < -0.3 is 0 Å². The molecule has 12 heavy (non-hydrogen) atoms. The van der Waals surface area contributed by atoms with Gasteiger partial charge in [-0.2, -0.15) is 0 Å². The van der Waals surface area contributed by atoms with Crippen molar-refractivity contribution in [2.75, 3.05) is 13.6 Å². The van der Waals surface area contributed by atoms with Crippen LogP contribution in [0.4, 0.5) is 0 Å². The maximum absolute atomic E-state index is 2.48. The lowest BCUT2D eigenvalue weighted by Crippen LogP contribution is -2.37. The summed E-state index contributed by atoms with van der Waals surface area (Å²) in [4.78, 5) is 0. The van der Waals surface area contributed by atoms with Crippen molar-refractivity contribution in [2.45, 2.75) is 18.1 Å². The Labute approximate surface area is 78.3 Å². The first-order valence-corrected chi connectivity index (χ1v) is 5.74. The Morgan fingerprint density at radius 2 is 2.00 bits per heavy atom. The molecule has 1 aliphatic heterocycles. The van der Waals surface area contributed by atoms with Crippen molar-refractivity contribution in [2.24, 2.45) is 17.8 Å². The maximum Gasteiger partial charge on any atom is 0.0304 e. The van der Waals surface area contributed by atoms with Crippen molar-refractivity contribution < 1.29 is 0 Å². The van der Waals surface area contributed by atoms with Crippen molar-refractivity contribution in [3.63, 3.8) is 0 Å². The summed E-state index contributed by atoms with van der Waals surface area (Å²) >= 11 is 2.09. The zero-order valence-electron chi connectivity index (χ0n) is 7.44. The maximum atomic E-state index is 2.48. The molecule has 0 aromatic rings. The molecule has 0 radical (unpaired) electrons. The molecule has 0 spiro atoms. The van der Waals surface area contributed by atoms with Gasteiger partial charge in [-0.15, -0.1) is 0 Å². The van der Waals surface area contributed by atoms with E-state index in [1.54, 1.807) is 0 Å². The SMILES string of the molecule is CN1CC2C3C=CC(CC3)C2S1. The Morgan fingerprint density at radius 3 is 2.67 bits per heavy atom. The monoisotopic (exact) mass is 181 g/mol. The average Bonchev–Trinajstić information content (AvgIpc) is 2.49. The minimum atomic E-state index is 0.898. The van der Waals surface area contributed by atoms with Crippen molar-refractivity contribution in [3.05, 3.63) is 12.2 Å². The number of nitrogens with zero attached hydrogens (tertiary/aromatic N) is 1. The second kappa shape index (κ2) is 2.52. The van der Waals surface area contributed by atoms with Gasteiger partial charge in [-0.25, -0.2) is 0 Å². The summed E-state index contributed by atoms with van der Waals surface area (Å²) in [6, 6.07) is 0. The largest absolute Gasteiger partial charge is 0.253 e. The van der Waals surface area contributed by atoms with Crippen LogP contribution < -0.4 is 0 Å². The van der Waals surface area contributed by atoms with Gasteiger partial charge in [-0.3, -0.25) is 4.31 Å². The van der Waals surface area contributed by atoms with E-state index < -0.39 is 0 Å². The van der Waals surface area contributed by atoms with Crippen LogP contribution in [0.3, 0.4) is 0 Å². The Kier molecular flexibility index (Phi) is 1.56. The zero-order valence-corrected chi connectivity index (χ0v) is 8.26. The molecule has 66 valence electrons. The van der Waals surface area contributed by atoms with E-state index in [0.29, 0.717) is 0 Å². The molecule has 0 amide bonds. The highest BCUT2D eigenvalue weighted by Gasteiger charge is 2.45. The number of fused-ring (bicyclic) bond motifs is 1. The van der Waals surface area contributed by atoms with Gasteiger partial charge in [-0.05, 0) is 37.6 Å². The molecule has 0 N–H and O–H groups in total. The smallest absolute Gasteiger partial charge is 0.0304 e. The topological polar surface area (TPSA) is 3.24 Å². The van der Waals surface area contributed by atoms with Gasteiger partial charge in [-0.1, -0.05) is 24.1 Å². The van der Waals surface area contributed by atoms with E-state index in [9.17, 15) is 0 Å². The van der Waals surface area contributed by atoms with Crippen LogP contribution >= 0.6 is 11.9 Å². The highest BCUT2D eigenvalue weighted by Crippen LogP contribution is 2.50. The van der Waals surface area contributed by atoms with Gasteiger partial charge in [0.05, 0.1) is 0 Å². The second-order valence-corrected chi connectivity index (χ2v) is 5.71. The first-order valence-electron chi connectivity index (χ1n) is 4.91. The standard InChI is InChI=1S/C10H15NS/c1-11-6-9-7-2-4-8(5-3-7)10(9)12-11/h2,4,7-10H,3,5-6H2,1H3. The second-order valence-electron chi connectivity index (χ2n) is 4.33. The number of rotatable bonds is 0. The van der Waals surface area contributed by atoms with Gasteiger partial charge in [0.2, 0.25) is 0 Å². The highest BCUT2D eigenvalue weighted by molar-refractivity contribution is 7.97. The first-order chi connectivity index (χ1) is 5.84. The van der Waals surface area contributed by atoms with Gasteiger partial charge in [0.25, 0.3) is 0 Å². The lowest BCUT2D eigenvalue weighted by molar-refractivity contribution is 0.231. The predicted molar refractivity (Wildman–Crippen MR) is 52.9 cm³/mol. The summed E-state index contributed by atoms with van der Waals surface area (Å²) in [5, 5.41) is 0.929. The molecule has 4 unspecified atom stereocenters. The van der Waals surface area contributed by atoms with E-state index >= 15 is 0 Å². The predicted octanol–water partition coefficient (Wildman–Crippen LogP) is 2.16. The van der Waals surface area contributed by atoms with Gasteiger partial charge in [0.1, 0.15) is 0 Å². The minimum absolute atomic E-state index is 0.898. The summed E-state index contributed by atoms with van der Waals surface area (Å²) < 4.78 is 2.44. The molecular formula is C10H15NS. The van der Waals surface area contributed by atoms with Gasteiger partial charge >= 0.3 is 0 Å². The third kappa shape index (κ3) is 0.912. The first kappa shape index (κ1) is 7.45. The number of allylic oxidation sites excluding steroid dienone is 2. The molecule has 1 saturated carbocycles. The van der Waals surface area contributed by atoms with Crippen molar-refractivity contribution in [1.29, 1.82) is 0 Å². The van der Waals surface area contributed by atoms with Crippen LogP contribution in [0, 0.1) is 17.8 Å². The van der Waals surface area contributed by atoms with Crippen molar-refractivity contribution in [3.8, 4) is 0 Å². The quantitative estimate of drug-likeness (QED) is 0.416. The fraction of sp³-hybridized carbons (Fsp3) is 0.800. The molecule has 0 aromatic heterocycles. The third-order valence-corrected chi connectivity index (χ3v) is 5.05. The molecule has 2 bridgehead atoms. The Hall–Kier alpha value is 0.0500. The summed E-state index contributed by atoms with van der Waals surface area (Å²) in [5.74, 6) is 2.79. The summed E-state index contributed by atoms with van der Waals surface area (Å²) in [6.45, 7) is 1.32. The third-order valence-electron chi connectivity index (χ3n) is 3.60. The van der Waals surface area contributed by atoms with E-state index in [0.717, 1.165) is 23.0 Å². The highest BCUT2D eigenvalue weighted by atomic mass is 32.2. The fourth-order valence-corrected chi connectivity index (χ4v) is 4.50. The van der Waals surface area contributed by atoms with Crippen LogP contribution in [0.2, 0.25) is 0 Å². The van der Waals surface area contributed by atoms with Crippen LogP contribution in [0.15, 0.2) is 12.2 Å². The molecule has 1 heterocycles. The summed E-state index contributed by atoms with van der Waals surface area (Å²) in [7, 11) is 2.24. The number of hydrogen-bond acceptors (Lipinski definition) is 2. The Balaban J connectivity index is 1.92. The van der Waals surface area contributed by atoms with Gasteiger partial charge in [0.15, 0.2) is 0 Å². The van der Waals surface area contributed by atoms with Crippen LogP contribution in [0.25, 0.3) is 0 Å². The lowest BCUT2D eigenvalue weighted by atomic mass is 9.69. The summed E-state index contributed by atoms with van der Waals surface area (Å²) in [5.41, 5.74) is 0. The molecule has 4 atom stereocenters. The molecule has 0 aromatic carbocycles. The molecule has 1 nitrogen and oxygen atoms in total. The molecular weight excluding hydrogens is 166 g/mol. The average molecular weight is 181 g/mol. The normalized spacial score (nSPS) is 51.4. The zero-order chi connectivity index (χ0) is 8.13. The molecule has 2 heteroatoms. The summed E-state index contributed by atoms with van der Waals surface area (Å²) in [6.07, 6.45) is 7.86. The van der Waals surface area contributed by atoms with Crippen LogP contribution in [0.5, 0.6) is 0 Å². The van der Waals surface area contributed by atoms with Crippen molar-refractivity contribution in [1.82, 2.24) is 4.31 Å². The fourth-order valence-electron chi connectivity index (χ4n) is 3.00. The van der Waals surface area contributed by atoms with E-state index in [-0.39, 0.29) is 0 Å². The van der Waals surface area contributed by atoms with Gasteiger partial charge in [0, 0.05) is 11.8 Å². The van der Waals surface area contributed by atoms with E-state index in [1.165, 1.54) is 19.4 Å². The van der Waals surface area contributed by atoms with Crippen molar-refractivity contribution >= 4 is 11.9 Å². The van der Waals surface area contributed by atoms with E-state index in [1.807, 2.05) is 0 Å². The van der Waals surface area contributed by atoms with Crippen LogP contribution in [-0.2, 0) is 0 Å².